The molecule has 2 N–H and O–H groups in total. The van der Waals surface area contributed by atoms with E-state index in [4.69, 9.17) is 13.9 Å². The van der Waals surface area contributed by atoms with Gasteiger partial charge in [-0.15, -0.1) is 0 Å². The first kappa shape index (κ1) is 16.9. The molecule has 0 saturated carbocycles. The van der Waals surface area contributed by atoms with Crippen LogP contribution >= 0.6 is 0 Å². The van der Waals surface area contributed by atoms with Crippen molar-refractivity contribution in [3.05, 3.63) is 0 Å². The van der Waals surface area contributed by atoms with Crippen LogP contribution in [0.4, 0.5) is 13.2 Å². The fourth-order valence-corrected chi connectivity index (χ4v) is 2.93. The number of hydrogen-bond acceptors (Lipinski definition) is 5. The molecule has 0 spiro atoms. The minimum absolute atomic E-state index is 1.20. The van der Waals surface area contributed by atoms with Gasteiger partial charge in [-0.1, -0.05) is 0 Å². The van der Waals surface area contributed by atoms with Crippen molar-refractivity contribution >= 4 is 8.32 Å². The Morgan fingerprint density at radius 1 is 1.26 bits per heavy atom. The lowest BCUT2D eigenvalue weighted by molar-refractivity contribution is -0.252. The predicted octanol–water partition coefficient (Wildman–Crippen LogP) is 0.862. The van der Waals surface area contributed by atoms with Crippen LogP contribution in [0.15, 0.2) is 0 Å². The highest BCUT2D eigenvalue weighted by Gasteiger charge is 2.56. The standard InChI is InChI=1S/C10H19F3O5Si/c1-16-9-5(14)6(18-19(2,3)4)7(17-9)8(15)10(11,12)13/h5-9,14-15H,1-4H3/t5-,6-,7-,8+,9-/m0/s1. The first-order valence-corrected chi connectivity index (χ1v) is 9.17. The van der Waals surface area contributed by atoms with Crippen molar-refractivity contribution in [2.75, 3.05) is 7.11 Å². The van der Waals surface area contributed by atoms with E-state index >= 15 is 0 Å². The van der Waals surface area contributed by atoms with Gasteiger partial charge in [0.15, 0.2) is 20.7 Å². The summed E-state index contributed by atoms with van der Waals surface area (Å²) < 4.78 is 52.9. The number of halogens is 3. The third-order valence-corrected chi connectivity index (χ3v) is 3.58. The first-order chi connectivity index (χ1) is 8.47. The van der Waals surface area contributed by atoms with E-state index in [1.54, 1.807) is 19.6 Å². The third-order valence-electron chi connectivity index (χ3n) is 2.60. The Labute approximate surface area is 110 Å². The molecule has 0 aromatic rings. The molecule has 0 unspecified atom stereocenters. The highest BCUT2D eigenvalue weighted by Crippen LogP contribution is 2.34. The normalized spacial score (nSPS) is 34.6. The van der Waals surface area contributed by atoms with Crippen LogP contribution < -0.4 is 0 Å². The Morgan fingerprint density at radius 2 is 1.79 bits per heavy atom. The quantitative estimate of drug-likeness (QED) is 0.754. The fraction of sp³-hybridized carbons (Fsp3) is 1.00. The fourth-order valence-electron chi connectivity index (χ4n) is 1.84. The summed E-state index contributed by atoms with van der Waals surface area (Å²) in [5, 5.41) is 19.2. The number of methoxy groups -OCH3 is 1. The molecule has 5 atom stereocenters. The lowest BCUT2D eigenvalue weighted by atomic mass is 10.1. The molecule has 1 heterocycles. The van der Waals surface area contributed by atoms with Crippen LogP contribution in [0.5, 0.6) is 0 Å². The molecule has 1 aliphatic rings. The number of aliphatic hydroxyl groups is 2. The summed E-state index contributed by atoms with van der Waals surface area (Å²) in [6.45, 7) is 5.28. The number of hydrogen-bond donors (Lipinski definition) is 2. The van der Waals surface area contributed by atoms with E-state index in [0.29, 0.717) is 0 Å². The van der Waals surface area contributed by atoms with E-state index in [1.165, 1.54) is 7.11 Å². The highest BCUT2D eigenvalue weighted by molar-refractivity contribution is 6.69. The highest BCUT2D eigenvalue weighted by atomic mass is 28.4. The molecule has 1 saturated heterocycles. The monoisotopic (exact) mass is 304 g/mol. The Morgan fingerprint density at radius 3 is 2.16 bits per heavy atom. The van der Waals surface area contributed by atoms with Gasteiger partial charge in [0.1, 0.15) is 18.3 Å². The van der Waals surface area contributed by atoms with E-state index < -0.39 is 45.2 Å². The lowest BCUT2D eigenvalue weighted by Crippen LogP contribution is -2.50. The van der Waals surface area contributed by atoms with Crippen LogP contribution in [0.2, 0.25) is 19.6 Å². The zero-order valence-corrected chi connectivity index (χ0v) is 12.1. The van der Waals surface area contributed by atoms with Crippen molar-refractivity contribution < 1.29 is 37.3 Å². The van der Waals surface area contributed by atoms with Crippen molar-refractivity contribution in [2.45, 2.75) is 56.5 Å². The summed E-state index contributed by atoms with van der Waals surface area (Å²) in [7, 11) is -1.03. The molecule has 1 aliphatic heterocycles. The SMILES string of the molecule is CO[C@H]1O[C@H]([C@@H](O)C(F)(F)F)[C@@H](O[Si](C)(C)C)[C@@H]1O. The van der Waals surface area contributed by atoms with Crippen LogP contribution in [0.1, 0.15) is 0 Å². The maximum absolute atomic E-state index is 12.6. The maximum Gasteiger partial charge on any atom is 0.417 e. The summed E-state index contributed by atoms with van der Waals surface area (Å²) in [4.78, 5) is 0. The van der Waals surface area contributed by atoms with Crippen LogP contribution in [0, 0.1) is 0 Å². The molecule has 0 aromatic carbocycles. The van der Waals surface area contributed by atoms with Gasteiger partial charge in [-0.3, -0.25) is 0 Å². The summed E-state index contributed by atoms with van der Waals surface area (Å²) in [6, 6.07) is 0. The molecule has 0 bridgehead atoms. The van der Waals surface area contributed by atoms with E-state index in [0.717, 1.165) is 0 Å². The molecule has 19 heavy (non-hydrogen) atoms. The van der Waals surface area contributed by atoms with E-state index in [1.807, 2.05) is 0 Å². The molecule has 0 aliphatic carbocycles. The molecule has 0 aromatic heterocycles. The molecule has 114 valence electrons. The van der Waals surface area contributed by atoms with E-state index in [2.05, 4.69) is 0 Å². The van der Waals surface area contributed by atoms with Gasteiger partial charge in [0, 0.05) is 7.11 Å². The molecule has 5 nitrogen and oxygen atoms in total. The van der Waals surface area contributed by atoms with Crippen molar-refractivity contribution in [1.82, 2.24) is 0 Å². The topological polar surface area (TPSA) is 68.2 Å². The van der Waals surface area contributed by atoms with Gasteiger partial charge in [-0.05, 0) is 19.6 Å². The predicted molar refractivity (Wildman–Crippen MR) is 62.0 cm³/mol. The zero-order chi connectivity index (χ0) is 15.0. The smallest absolute Gasteiger partial charge is 0.409 e. The van der Waals surface area contributed by atoms with Gasteiger partial charge in [0.2, 0.25) is 0 Å². The Hall–Kier alpha value is -0.193. The van der Waals surface area contributed by atoms with Crippen molar-refractivity contribution in [1.29, 1.82) is 0 Å². The largest absolute Gasteiger partial charge is 0.417 e. The molecular weight excluding hydrogens is 285 g/mol. The second-order valence-corrected chi connectivity index (χ2v) is 9.84. The van der Waals surface area contributed by atoms with Gasteiger partial charge >= 0.3 is 6.18 Å². The van der Waals surface area contributed by atoms with Crippen molar-refractivity contribution in [3.63, 3.8) is 0 Å². The first-order valence-electron chi connectivity index (χ1n) is 5.76. The lowest BCUT2D eigenvalue weighted by Gasteiger charge is -2.30. The van der Waals surface area contributed by atoms with Crippen LogP contribution in [-0.4, -0.2) is 62.5 Å². The molecule has 0 radical (unpaired) electrons. The molecule has 1 fully saturated rings. The van der Waals surface area contributed by atoms with E-state index in [9.17, 15) is 23.4 Å². The van der Waals surface area contributed by atoms with Gasteiger partial charge in [-0.2, -0.15) is 13.2 Å². The minimum atomic E-state index is -4.85. The number of rotatable bonds is 4. The van der Waals surface area contributed by atoms with E-state index in [-0.39, 0.29) is 0 Å². The van der Waals surface area contributed by atoms with Gasteiger partial charge in [0.05, 0.1) is 0 Å². The summed E-state index contributed by atoms with van der Waals surface area (Å²) in [5.74, 6) is 0. The molecule has 0 amide bonds. The molecular formula is C10H19F3O5Si. The third kappa shape index (κ3) is 4.13. The van der Waals surface area contributed by atoms with Crippen LogP contribution in [0.25, 0.3) is 0 Å². The number of aliphatic hydroxyl groups excluding tert-OH is 2. The van der Waals surface area contributed by atoms with Crippen LogP contribution in [0.3, 0.4) is 0 Å². The van der Waals surface area contributed by atoms with Crippen LogP contribution in [-0.2, 0) is 13.9 Å². The number of ether oxygens (including phenoxy) is 2. The molecule has 1 rings (SSSR count). The van der Waals surface area contributed by atoms with Gasteiger partial charge < -0.3 is 24.1 Å². The molecule has 9 heteroatoms. The van der Waals surface area contributed by atoms with Gasteiger partial charge in [0.25, 0.3) is 0 Å². The number of alkyl halides is 3. The van der Waals surface area contributed by atoms with Gasteiger partial charge in [-0.25, -0.2) is 0 Å². The Kier molecular flexibility index (Phi) is 5.02. The second-order valence-electron chi connectivity index (χ2n) is 5.38. The minimum Gasteiger partial charge on any atom is -0.409 e. The Balaban J connectivity index is 2.93. The van der Waals surface area contributed by atoms with Crippen molar-refractivity contribution in [3.8, 4) is 0 Å². The average Bonchev–Trinajstić information content (AvgIpc) is 2.52. The second kappa shape index (κ2) is 5.66. The Bertz CT molecular complexity index is 307. The zero-order valence-electron chi connectivity index (χ0n) is 11.1. The maximum atomic E-state index is 12.6. The summed E-state index contributed by atoms with van der Waals surface area (Å²) in [5.41, 5.74) is 0. The summed E-state index contributed by atoms with van der Waals surface area (Å²) >= 11 is 0. The average molecular weight is 304 g/mol. The van der Waals surface area contributed by atoms with Crippen molar-refractivity contribution in [2.24, 2.45) is 0 Å². The summed E-state index contributed by atoms with van der Waals surface area (Å²) in [6.07, 6.45) is -13.2.